The molecule has 126 valence electrons. The number of rotatable bonds is 4. The van der Waals surface area contributed by atoms with Crippen molar-refractivity contribution in [3.8, 4) is 0 Å². The molecule has 3 heterocycles. The Morgan fingerprint density at radius 1 is 1.25 bits per heavy atom. The van der Waals surface area contributed by atoms with Crippen LogP contribution >= 0.6 is 11.7 Å². The highest BCUT2D eigenvalue weighted by atomic mass is 32.2. The molecule has 1 aromatic carbocycles. The zero-order chi connectivity index (χ0) is 16.9. The summed E-state index contributed by atoms with van der Waals surface area (Å²) in [6.45, 7) is 0.416. The van der Waals surface area contributed by atoms with E-state index in [1.807, 2.05) is 0 Å². The minimum atomic E-state index is -3.67. The van der Waals surface area contributed by atoms with Gasteiger partial charge in [0, 0.05) is 25.6 Å². The predicted molar refractivity (Wildman–Crippen MR) is 82.7 cm³/mol. The first kappa shape index (κ1) is 15.4. The molecule has 2 aliphatic heterocycles. The average molecular weight is 368 g/mol. The summed E-state index contributed by atoms with van der Waals surface area (Å²) >= 11 is 0.964. The molecule has 0 spiro atoms. The quantitative estimate of drug-likeness (QED) is 0.763. The Balaban J connectivity index is 1.49. The number of cyclic esters (lactones) is 1. The summed E-state index contributed by atoms with van der Waals surface area (Å²) in [6.07, 6.45) is -0.667. The lowest BCUT2D eigenvalue weighted by Crippen LogP contribution is -2.54. The fourth-order valence-electron chi connectivity index (χ4n) is 2.78. The molecular weight excluding hydrogens is 356 g/mol. The van der Waals surface area contributed by atoms with E-state index in [1.54, 1.807) is 12.1 Å². The molecule has 24 heavy (non-hydrogen) atoms. The Bertz CT molecular complexity index is 919. The molecule has 0 saturated carbocycles. The zero-order valence-electron chi connectivity index (χ0n) is 12.3. The van der Waals surface area contributed by atoms with Crippen LogP contribution in [-0.2, 0) is 19.6 Å². The van der Waals surface area contributed by atoms with Gasteiger partial charge in [-0.05, 0) is 12.1 Å². The van der Waals surface area contributed by atoms with Crippen LogP contribution < -0.4 is 0 Å². The first-order chi connectivity index (χ1) is 11.5. The van der Waals surface area contributed by atoms with Gasteiger partial charge in [0.25, 0.3) is 5.91 Å². The maximum atomic E-state index is 12.7. The van der Waals surface area contributed by atoms with Crippen molar-refractivity contribution in [1.29, 1.82) is 0 Å². The number of nitrogens with zero attached hydrogens (tertiary/aromatic N) is 4. The zero-order valence-corrected chi connectivity index (χ0v) is 13.9. The molecule has 2 fully saturated rings. The van der Waals surface area contributed by atoms with Crippen molar-refractivity contribution in [2.24, 2.45) is 5.92 Å². The molecule has 2 saturated heterocycles. The van der Waals surface area contributed by atoms with Crippen LogP contribution in [0.5, 0.6) is 0 Å². The first-order valence-corrected chi connectivity index (χ1v) is 9.32. The number of carbonyl (C=O) groups is 2. The third-order valence-electron chi connectivity index (χ3n) is 4.07. The van der Waals surface area contributed by atoms with Crippen LogP contribution in [0.15, 0.2) is 23.1 Å². The van der Waals surface area contributed by atoms with E-state index in [0.717, 1.165) is 16.6 Å². The summed E-state index contributed by atoms with van der Waals surface area (Å²) in [5.74, 6) is -0.484. The van der Waals surface area contributed by atoms with E-state index in [-0.39, 0.29) is 43.0 Å². The Morgan fingerprint density at radius 2 is 2.04 bits per heavy atom. The van der Waals surface area contributed by atoms with Crippen LogP contribution in [0, 0.1) is 5.92 Å². The number of aromatic nitrogens is 2. The molecule has 0 bridgehead atoms. The minimum Gasteiger partial charge on any atom is -0.439 e. The molecule has 0 aliphatic carbocycles. The largest absolute Gasteiger partial charge is 0.439 e. The summed E-state index contributed by atoms with van der Waals surface area (Å²) in [5, 5.41) is 0. The fourth-order valence-corrected chi connectivity index (χ4v) is 5.12. The highest BCUT2D eigenvalue weighted by Crippen LogP contribution is 2.30. The highest BCUT2D eigenvalue weighted by Gasteiger charge is 2.41. The topological polar surface area (TPSA) is 110 Å². The highest BCUT2D eigenvalue weighted by molar-refractivity contribution is 7.89. The van der Waals surface area contributed by atoms with Gasteiger partial charge in [0.1, 0.15) is 15.9 Å². The van der Waals surface area contributed by atoms with Gasteiger partial charge in [-0.1, -0.05) is 6.07 Å². The number of carbonyl (C=O) groups excluding carboxylic acids is 2. The lowest BCUT2D eigenvalue weighted by Gasteiger charge is -2.38. The van der Waals surface area contributed by atoms with E-state index in [1.165, 1.54) is 10.4 Å². The van der Waals surface area contributed by atoms with Crippen LogP contribution in [0.4, 0.5) is 4.79 Å². The summed E-state index contributed by atoms with van der Waals surface area (Å²) < 4.78 is 39.5. The summed E-state index contributed by atoms with van der Waals surface area (Å²) in [6, 6.07) is 4.85. The van der Waals surface area contributed by atoms with Crippen molar-refractivity contribution in [1.82, 2.24) is 18.0 Å². The second-order valence-corrected chi connectivity index (χ2v) is 8.07. The van der Waals surface area contributed by atoms with Crippen molar-refractivity contribution in [2.75, 3.05) is 26.2 Å². The predicted octanol–water partition coefficient (Wildman–Crippen LogP) is 0.291. The number of benzene rings is 1. The number of hydrogen-bond acceptors (Lipinski definition) is 8. The normalized spacial score (nSPS) is 19.8. The molecule has 2 amide bonds. The Labute approximate surface area is 141 Å². The van der Waals surface area contributed by atoms with Crippen LogP contribution in [0.2, 0.25) is 0 Å². The Morgan fingerprint density at radius 3 is 2.75 bits per heavy atom. The summed E-state index contributed by atoms with van der Waals surface area (Å²) in [4.78, 5) is 24.1. The van der Waals surface area contributed by atoms with Crippen molar-refractivity contribution in [2.45, 2.75) is 4.90 Å². The van der Waals surface area contributed by atoms with Crippen molar-refractivity contribution in [3.05, 3.63) is 18.2 Å². The molecule has 0 N–H and O–H groups in total. The maximum Gasteiger partial charge on any atom is 0.417 e. The standard InChI is InChI=1S/C13H12N4O5S2/c18-11-7-22-13(19)17(11)6-8-4-16(5-8)24(20,21)10-3-1-2-9-12(10)15-23-14-9/h1-3,8H,4-7H2. The van der Waals surface area contributed by atoms with Gasteiger partial charge in [0.05, 0.1) is 11.7 Å². The lowest BCUT2D eigenvalue weighted by molar-refractivity contribution is -0.126. The second kappa shape index (κ2) is 5.46. The van der Waals surface area contributed by atoms with Crippen LogP contribution in [0.25, 0.3) is 11.0 Å². The van der Waals surface area contributed by atoms with E-state index in [2.05, 4.69) is 13.5 Å². The number of ether oxygens (including phenoxy) is 1. The third-order valence-corrected chi connectivity index (χ3v) is 6.48. The van der Waals surface area contributed by atoms with Gasteiger partial charge in [-0.3, -0.25) is 4.79 Å². The minimum absolute atomic E-state index is 0.0952. The van der Waals surface area contributed by atoms with E-state index in [4.69, 9.17) is 0 Å². The number of fused-ring (bicyclic) bond motifs is 1. The van der Waals surface area contributed by atoms with E-state index in [9.17, 15) is 18.0 Å². The second-order valence-electron chi connectivity index (χ2n) is 5.64. The van der Waals surface area contributed by atoms with E-state index in [0.29, 0.717) is 11.0 Å². The van der Waals surface area contributed by atoms with Gasteiger partial charge in [-0.2, -0.15) is 13.1 Å². The number of imide groups is 1. The third kappa shape index (κ3) is 2.36. The molecular formula is C13H12N4O5S2. The summed E-state index contributed by atoms with van der Waals surface area (Å²) in [7, 11) is -3.67. The molecule has 11 heteroatoms. The molecule has 4 rings (SSSR count). The molecule has 0 unspecified atom stereocenters. The number of amides is 2. The number of sulfonamides is 1. The van der Waals surface area contributed by atoms with E-state index >= 15 is 0 Å². The van der Waals surface area contributed by atoms with Crippen LogP contribution in [0.3, 0.4) is 0 Å². The number of hydrogen-bond donors (Lipinski definition) is 0. The first-order valence-electron chi connectivity index (χ1n) is 7.15. The van der Waals surface area contributed by atoms with Gasteiger partial charge >= 0.3 is 6.09 Å². The fraction of sp³-hybridized carbons (Fsp3) is 0.385. The van der Waals surface area contributed by atoms with Crippen molar-refractivity contribution in [3.63, 3.8) is 0 Å². The van der Waals surface area contributed by atoms with Crippen LogP contribution in [0.1, 0.15) is 0 Å². The Hall–Kier alpha value is -2.11. The van der Waals surface area contributed by atoms with Crippen molar-refractivity contribution < 1.29 is 22.7 Å². The molecule has 0 radical (unpaired) electrons. The van der Waals surface area contributed by atoms with Crippen molar-refractivity contribution >= 4 is 44.8 Å². The SMILES string of the molecule is O=C1COC(=O)N1CC1CN(S(=O)(=O)c2cccc3nsnc23)C1. The van der Waals surface area contributed by atoms with Crippen LogP contribution in [-0.4, -0.2) is 64.6 Å². The Kier molecular flexibility index (Phi) is 3.51. The molecule has 0 atom stereocenters. The van der Waals surface area contributed by atoms with Gasteiger partial charge in [0.15, 0.2) is 6.61 Å². The maximum absolute atomic E-state index is 12.7. The van der Waals surface area contributed by atoms with Gasteiger partial charge < -0.3 is 4.74 Å². The van der Waals surface area contributed by atoms with Gasteiger partial charge in [-0.15, -0.1) is 0 Å². The smallest absolute Gasteiger partial charge is 0.417 e. The van der Waals surface area contributed by atoms with Gasteiger partial charge in [0.2, 0.25) is 10.0 Å². The van der Waals surface area contributed by atoms with Gasteiger partial charge in [-0.25, -0.2) is 18.1 Å². The molecule has 9 nitrogen and oxygen atoms in total. The lowest BCUT2D eigenvalue weighted by atomic mass is 10.0. The summed E-state index contributed by atoms with van der Waals surface area (Å²) in [5.41, 5.74) is 0.910. The van der Waals surface area contributed by atoms with E-state index < -0.39 is 16.1 Å². The molecule has 1 aromatic heterocycles. The monoisotopic (exact) mass is 368 g/mol. The molecule has 2 aromatic rings. The average Bonchev–Trinajstić information content (AvgIpc) is 3.10. The molecule has 2 aliphatic rings.